The fourth-order valence-electron chi connectivity index (χ4n) is 1.58. The van der Waals surface area contributed by atoms with E-state index in [0.29, 0.717) is 0 Å². The van der Waals surface area contributed by atoms with Crippen LogP contribution in [0.1, 0.15) is 32.6 Å². The Bertz CT molecular complexity index is 218. The second-order valence-electron chi connectivity index (χ2n) is 3.38. The Morgan fingerprint density at radius 2 is 2.31 bits per heavy atom. The normalized spacial score (nSPS) is 16.5. The molecular weight excluding hydrogens is 162 g/mol. The molecule has 0 saturated carbocycles. The first-order chi connectivity index (χ1) is 6.27. The van der Waals surface area contributed by atoms with Crippen LogP contribution in [0.25, 0.3) is 0 Å². The lowest BCUT2D eigenvalue weighted by Gasteiger charge is -2.22. The van der Waals surface area contributed by atoms with E-state index in [1.165, 1.54) is 24.1 Å². The molecule has 0 atom stereocenters. The van der Waals surface area contributed by atoms with Crippen molar-refractivity contribution in [1.29, 1.82) is 0 Å². The molecule has 1 aliphatic carbocycles. The standard InChI is InChI=1S/C11H19NO/c1-4-6-10-7-5-8-11(9-10)12(2)13-3/h7,9H,4-6,8H2,1-3H3. The highest BCUT2D eigenvalue weighted by atomic mass is 16.7. The molecule has 0 aromatic rings. The van der Waals surface area contributed by atoms with E-state index in [-0.39, 0.29) is 0 Å². The number of rotatable bonds is 4. The van der Waals surface area contributed by atoms with Gasteiger partial charge in [0.05, 0.1) is 7.11 Å². The van der Waals surface area contributed by atoms with E-state index < -0.39 is 0 Å². The molecule has 0 unspecified atom stereocenters. The average molecular weight is 181 g/mol. The minimum atomic E-state index is 1.09. The Morgan fingerprint density at radius 3 is 2.92 bits per heavy atom. The largest absolute Gasteiger partial charge is 0.277 e. The molecule has 0 aromatic carbocycles. The second-order valence-corrected chi connectivity index (χ2v) is 3.38. The summed E-state index contributed by atoms with van der Waals surface area (Å²) in [6.45, 7) is 2.21. The molecule has 2 heteroatoms. The zero-order chi connectivity index (χ0) is 9.68. The van der Waals surface area contributed by atoms with Crippen molar-refractivity contribution in [3.8, 4) is 0 Å². The van der Waals surface area contributed by atoms with Crippen molar-refractivity contribution in [3.63, 3.8) is 0 Å². The summed E-state index contributed by atoms with van der Waals surface area (Å²) in [4.78, 5) is 5.15. The monoisotopic (exact) mass is 181 g/mol. The van der Waals surface area contributed by atoms with Crippen molar-refractivity contribution in [2.24, 2.45) is 0 Å². The van der Waals surface area contributed by atoms with Crippen LogP contribution in [0.5, 0.6) is 0 Å². The minimum Gasteiger partial charge on any atom is -0.277 e. The van der Waals surface area contributed by atoms with Gasteiger partial charge >= 0.3 is 0 Å². The molecule has 2 nitrogen and oxygen atoms in total. The van der Waals surface area contributed by atoms with Gasteiger partial charge in [0.25, 0.3) is 0 Å². The summed E-state index contributed by atoms with van der Waals surface area (Å²) in [5.74, 6) is 0. The van der Waals surface area contributed by atoms with Crippen LogP contribution in [0.15, 0.2) is 23.4 Å². The van der Waals surface area contributed by atoms with E-state index in [4.69, 9.17) is 4.84 Å². The van der Waals surface area contributed by atoms with E-state index in [0.717, 1.165) is 12.8 Å². The maximum Gasteiger partial charge on any atom is 0.0638 e. The van der Waals surface area contributed by atoms with Crippen LogP contribution < -0.4 is 0 Å². The van der Waals surface area contributed by atoms with Crippen LogP contribution in [0, 0.1) is 0 Å². The maximum absolute atomic E-state index is 5.15. The van der Waals surface area contributed by atoms with Crippen LogP contribution in [0.4, 0.5) is 0 Å². The van der Waals surface area contributed by atoms with Gasteiger partial charge in [0.2, 0.25) is 0 Å². The summed E-state index contributed by atoms with van der Waals surface area (Å²) in [5.41, 5.74) is 2.74. The lowest BCUT2D eigenvalue weighted by molar-refractivity contribution is -0.0801. The molecule has 0 N–H and O–H groups in total. The first kappa shape index (κ1) is 10.3. The summed E-state index contributed by atoms with van der Waals surface area (Å²) in [5, 5.41) is 1.85. The van der Waals surface area contributed by atoms with E-state index >= 15 is 0 Å². The average Bonchev–Trinajstić information content (AvgIpc) is 2.18. The summed E-state index contributed by atoms with van der Waals surface area (Å²) < 4.78 is 0. The van der Waals surface area contributed by atoms with Crippen LogP contribution in [-0.2, 0) is 4.84 Å². The Hall–Kier alpha value is -0.760. The predicted octanol–water partition coefficient (Wildman–Crippen LogP) is 2.88. The van der Waals surface area contributed by atoms with Gasteiger partial charge in [-0.05, 0) is 25.3 Å². The number of hydrogen-bond donors (Lipinski definition) is 0. The van der Waals surface area contributed by atoms with E-state index in [2.05, 4.69) is 19.1 Å². The second kappa shape index (κ2) is 5.07. The molecule has 0 aromatic heterocycles. The molecule has 13 heavy (non-hydrogen) atoms. The molecule has 74 valence electrons. The molecule has 0 heterocycles. The summed E-state index contributed by atoms with van der Waals surface area (Å²) >= 11 is 0. The van der Waals surface area contributed by atoms with Crippen molar-refractivity contribution in [2.75, 3.05) is 14.2 Å². The smallest absolute Gasteiger partial charge is 0.0638 e. The molecule has 0 spiro atoms. The van der Waals surface area contributed by atoms with Gasteiger partial charge in [0, 0.05) is 12.7 Å². The summed E-state index contributed by atoms with van der Waals surface area (Å²) in [6, 6.07) is 0. The zero-order valence-electron chi connectivity index (χ0n) is 8.84. The molecule has 0 radical (unpaired) electrons. The molecule has 1 aliphatic rings. The molecule has 1 rings (SSSR count). The Kier molecular flexibility index (Phi) is 4.03. The summed E-state index contributed by atoms with van der Waals surface area (Å²) in [6.07, 6.45) is 9.22. The lowest BCUT2D eigenvalue weighted by Crippen LogP contribution is -2.17. The summed E-state index contributed by atoms with van der Waals surface area (Å²) in [7, 11) is 3.67. The van der Waals surface area contributed by atoms with Crippen molar-refractivity contribution >= 4 is 0 Å². The SMILES string of the molecule is CCCC1=CCCC(N(C)OC)=C1. The molecular formula is C11H19NO. The maximum atomic E-state index is 5.15. The van der Waals surface area contributed by atoms with Crippen LogP contribution in [-0.4, -0.2) is 19.2 Å². The van der Waals surface area contributed by atoms with Crippen molar-refractivity contribution in [1.82, 2.24) is 5.06 Å². The molecule has 0 amide bonds. The van der Waals surface area contributed by atoms with Gasteiger partial charge in [-0.1, -0.05) is 25.0 Å². The minimum absolute atomic E-state index is 1.09. The quantitative estimate of drug-likeness (QED) is 0.618. The fourth-order valence-corrected chi connectivity index (χ4v) is 1.58. The molecule has 0 saturated heterocycles. The van der Waals surface area contributed by atoms with Crippen LogP contribution in [0.3, 0.4) is 0 Å². The Morgan fingerprint density at radius 1 is 1.54 bits per heavy atom. The van der Waals surface area contributed by atoms with Gasteiger partial charge in [0.15, 0.2) is 0 Å². The van der Waals surface area contributed by atoms with E-state index in [1.54, 1.807) is 7.11 Å². The topological polar surface area (TPSA) is 12.5 Å². The zero-order valence-corrected chi connectivity index (χ0v) is 8.84. The van der Waals surface area contributed by atoms with Crippen molar-refractivity contribution in [2.45, 2.75) is 32.6 Å². The first-order valence-corrected chi connectivity index (χ1v) is 4.95. The van der Waals surface area contributed by atoms with Gasteiger partial charge in [-0.25, -0.2) is 0 Å². The number of hydrogen-bond acceptors (Lipinski definition) is 2. The Balaban J connectivity index is 2.61. The highest BCUT2D eigenvalue weighted by Gasteiger charge is 2.08. The number of hydroxylamine groups is 2. The fraction of sp³-hybridized carbons (Fsp3) is 0.636. The van der Waals surface area contributed by atoms with Crippen molar-refractivity contribution in [3.05, 3.63) is 23.4 Å². The lowest BCUT2D eigenvalue weighted by atomic mass is 10.0. The third-order valence-corrected chi connectivity index (χ3v) is 2.38. The van der Waals surface area contributed by atoms with Gasteiger partial charge in [-0.2, -0.15) is 0 Å². The van der Waals surface area contributed by atoms with Gasteiger partial charge in [-0.3, -0.25) is 9.90 Å². The molecule has 0 fully saturated rings. The third kappa shape index (κ3) is 2.88. The van der Waals surface area contributed by atoms with Crippen LogP contribution in [0.2, 0.25) is 0 Å². The van der Waals surface area contributed by atoms with Gasteiger partial charge in [0.1, 0.15) is 0 Å². The Labute approximate surface area is 80.8 Å². The van der Waals surface area contributed by atoms with E-state index in [9.17, 15) is 0 Å². The number of allylic oxidation sites excluding steroid dienone is 4. The van der Waals surface area contributed by atoms with E-state index in [1.807, 2.05) is 12.1 Å². The molecule has 0 aliphatic heterocycles. The number of nitrogens with zero attached hydrogens (tertiary/aromatic N) is 1. The van der Waals surface area contributed by atoms with Gasteiger partial charge in [-0.15, -0.1) is 0 Å². The highest BCUT2D eigenvalue weighted by molar-refractivity contribution is 5.26. The highest BCUT2D eigenvalue weighted by Crippen LogP contribution is 2.22. The van der Waals surface area contributed by atoms with Crippen molar-refractivity contribution < 1.29 is 4.84 Å². The van der Waals surface area contributed by atoms with Gasteiger partial charge < -0.3 is 0 Å². The van der Waals surface area contributed by atoms with Crippen LogP contribution >= 0.6 is 0 Å². The third-order valence-electron chi connectivity index (χ3n) is 2.38. The predicted molar refractivity (Wildman–Crippen MR) is 55.1 cm³/mol. The molecule has 0 bridgehead atoms. The first-order valence-electron chi connectivity index (χ1n) is 4.95.